The molecule has 6 heteroatoms. The fourth-order valence-electron chi connectivity index (χ4n) is 0.488. The van der Waals surface area contributed by atoms with E-state index >= 15 is 0 Å². The normalized spacial score (nSPS) is 24.2. The molecular formula is C4H9N3O2S. The maximum atomic E-state index is 8.84. The second kappa shape index (κ2) is 2.22. The molecule has 1 aliphatic rings. The summed E-state index contributed by atoms with van der Waals surface area (Å²) in [6.45, 7) is 0. The van der Waals surface area contributed by atoms with Crippen molar-refractivity contribution in [3.05, 3.63) is 0 Å². The Morgan fingerprint density at radius 1 is 1.50 bits per heavy atom. The van der Waals surface area contributed by atoms with Crippen molar-refractivity contribution in [3.8, 4) is 0 Å². The Kier molecular flexibility index (Phi) is 1.67. The van der Waals surface area contributed by atoms with E-state index in [2.05, 4.69) is 8.80 Å². The van der Waals surface area contributed by atoms with Crippen LogP contribution in [0.5, 0.6) is 0 Å². The molecule has 1 aliphatic heterocycles. The largest absolute Gasteiger partial charge is 0.360 e. The summed E-state index contributed by atoms with van der Waals surface area (Å²) in [4.78, 5) is 1.66. The highest BCUT2D eigenvalue weighted by atomic mass is 32.3. The van der Waals surface area contributed by atoms with Gasteiger partial charge in [-0.05, 0) is 0 Å². The summed E-state index contributed by atoms with van der Waals surface area (Å²) >= 11 is 0. The number of hydrogen-bond donors (Lipinski definition) is 2. The van der Waals surface area contributed by atoms with Crippen molar-refractivity contribution in [1.29, 1.82) is 0 Å². The molecule has 0 spiro atoms. The van der Waals surface area contributed by atoms with Gasteiger partial charge in [-0.25, -0.2) is 0 Å². The molecule has 10 heavy (non-hydrogen) atoms. The molecule has 0 amide bonds. The van der Waals surface area contributed by atoms with Gasteiger partial charge in [-0.3, -0.25) is 9.11 Å². The molecule has 0 aromatic carbocycles. The molecule has 0 saturated heterocycles. The Morgan fingerprint density at radius 2 is 2.10 bits per heavy atom. The lowest BCUT2D eigenvalue weighted by atomic mass is 10.6. The maximum Gasteiger partial charge on any atom is 0.169 e. The van der Waals surface area contributed by atoms with Crippen molar-refractivity contribution < 1.29 is 9.11 Å². The van der Waals surface area contributed by atoms with E-state index in [9.17, 15) is 0 Å². The molecule has 2 N–H and O–H groups in total. The summed E-state index contributed by atoms with van der Waals surface area (Å²) in [7, 11) is 0.487. The summed E-state index contributed by atoms with van der Waals surface area (Å²) in [6, 6.07) is 0. The minimum atomic E-state index is -3.02. The van der Waals surface area contributed by atoms with Gasteiger partial charge < -0.3 is 4.90 Å². The van der Waals surface area contributed by atoms with E-state index in [0.717, 1.165) is 0 Å². The third-order valence-electron chi connectivity index (χ3n) is 0.984. The van der Waals surface area contributed by atoms with Crippen LogP contribution in [0.2, 0.25) is 0 Å². The van der Waals surface area contributed by atoms with Crippen LogP contribution in [0.25, 0.3) is 0 Å². The molecule has 0 fully saturated rings. The quantitative estimate of drug-likeness (QED) is 0.549. The number of rotatable bonds is 0. The first kappa shape index (κ1) is 7.52. The Hall–Kier alpha value is -0.590. The molecule has 0 aromatic heterocycles. The number of nitrogens with zero attached hydrogens (tertiary/aromatic N) is 3. The third-order valence-corrected chi connectivity index (χ3v) is 1.80. The molecule has 1 rings (SSSR count). The predicted molar refractivity (Wildman–Crippen MR) is 42.5 cm³/mol. The Morgan fingerprint density at radius 3 is 2.30 bits per heavy atom. The van der Waals surface area contributed by atoms with Crippen LogP contribution >= 0.6 is 11.0 Å². The van der Waals surface area contributed by atoms with Crippen LogP contribution in [0.15, 0.2) is 8.80 Å². The molecule has 0 atom stereocenters. The molecule has 0 unspecified atom stereocenters. The average molecular weight is 163 g/mol. The maximum absolute atomic E-state index is 8.84. The van der Waals surface area contributed by atoms with Gasteiger partial charge in [-0.1, -0.05) is 0 Å². The molecule has 0 aromatic rings. The van der Waals surface area contributed by atoms with Gasteiger partial charge in [0.15, 0.2) is 5.84 Å². The van der Waals surface area contributed by atoms with Crippen LogP contribution in [0.3, 0.4) is 0 Å². The molecule has 1 heterocycles. The molecule has 0 radical (unpaired) electrons. The lowest BCUT2D eigenvalue weighted by Crippen LogP contribution is -2.21. The standard InChI is InChI=1S/C4H9N3O2S/c1-7(2)4-3-5-10(8,9)6-4/h3,8-9H,1-2H3. The number of amidine groups is 1. The SMILES string of the molecule is CN(C)C1=NS(O)(O)N=C1. The Balaban J connectivity index is 2.78. The van der Waals surface area contributed by atoms with E-state index < -0.39 is 11.0 Å². The van der Waals surface area contributed by atoms with Gasteiger partial charge in [0.1, 0.15) is 0 Å². The fourth-order valence-corrected chi connectivity index (χ4v) is 1.23. The van der Waals surface area contributed by atoms with E-state index in [1.165, 1.54) is 6.21 Å². The highest BCUT2D eigenvalue weighted by molar-refractivity contribution is 8.22. The zero-order chi connectivity index (χ0) is 7.78. The second-order valence-corrected chi connectivity index (χ2v) is 3.44. The summed E-state index contributed by atoms with van der Waals surface area (Å²) in [6.07, 6.45) is 1.34. The minimum Gasteiger partial charge on any atom is -0.360 e. The average Bonchev–Trinajstić information content (AvgIpc) is 2.10. The predicted octanol–water partition coefficient (Wildman–Crippen LogP) is 0.611. The molecular weight excluding hydrogens is 154 g/mol. The second-order valence-electron chi connectivity index (χ2n) is 2.07. The minimum absolute atomic E-state index is 0.486. The fraction of sp³-hybridized carbons (Fsp3) is 0.500. The van der Waals surface area contributed by atoms with Crippen molar-refractivity contribution in [2.75, 3.05) is 14.1 Å². The molecule has 5 nitrogen and oxygen atoms in total. The van der Waals surface area contributed by atoms with Crippen LogP contribution in [0, 0.1) is 0 Å². The van der Waals surface area contributed by atoms with Gasteiger partial charge in [0, 0.05) is 25.1 Å². The summed E-state index contributed by atoms with van der Waals surface area (Å²) < 4.78 is 24.6. The van der Waals surface area contributed by atoms with E-state index in [1.54, 1.807) is 19.0 Å². The van der Waals surface area contributed by atoms with Gasteiger partial charge in [0.05, 0.1) is 6.21 Å². The zero-order valence-corrected chi connectivity index (χ0v) is 6.54. The van der Waals surface area contributed by atoms with Crippen molar-refractivity contribution in [2.24, 2.45) is 8.80 Å². The number of hydrogen-bond acceptors (Lipinski definition) is 5. The van der Waals surface area contributed by atoms with E-state index in [0.29, 0.717) is 5.84 Å². The smallest absolute Gasteiger partial charge is 0.169 e. The van der Waals surface area contributed by atoms with Crippen LogP contribution < -0.4 is 0 Å². The summed E-state index contributed by atoms with van der Waals surface area (Å²) in [5, 5.41) is 0. The molecule has 0 bridgehead atoms. The first-order valence-corrected chi connectivity index (χ1v) is 4.08. The van der Waals surface area contributed by atoms with Crippen molar-refractivity contribution in [2.45, 2.75) is 0 Å². The Bertz CT molecular complexity index is 199. The van der Waals surface area contributed by atoms with Gasteiger partial charge >= 0.3 is 0 Å². The first-order valence-electron chi connectivity index (χ1n) is 2.62. The third kappa shape index (κ3) is 1.47. The van der Waals surface area contributed by atoms with E-state index in [4.69, 9.17) is 9.11 Å². The van der Waals surface area contributed by atoms with Crippen molar-refractivity contribution in [3.63, 3.8) is 0 Å². The van der Waals surface area contributed by atoms with Gasteiger partial charge in [0.25, 0.3) is 0 Å². The highest BCUT2D eigenvalue weighted by Gasteiger charge is 2.16. The highest BCUT2D eigenvalue weighted by Crippen LogP contribution is 2.44. The Labute approximate surface area is 60.7 Å². The van der Waals surface area contributed by atoms with Crippen molar-refractivity contribution in [1.82, 2.24) is 4.90 Å². The van der Waals surface area contributed by atoms with Gasteiger partial charge in [-0.2, -0.15) is 0 Å². The molecule has 0 aliphatic carbocycles. The van der Waals surface area contributed by atoms with Gasteiger partial charge in [0.2, 0.25) is 0 Å². The van der Waals surface area contributed by atoms with Crippen LogP contribution in [0.1, 0.15) is 0 Å². The van der Waals surface area contributed by atoms with Crippen LogP contribution in [0.4, 0.5) is 0 Å². The van der Waals surface area contributed by atoms with Gasteiger partial charge in [-0.15, -0.1) is 8.80 Å². The zero-order valence-electron chi connectivity index (χ0n) is 5.72. The summed E-state index contributed by atoms with van der Waals surface area (Å²) in [5.74, 6) is 0.486. The van der Waals surface area contributed by atoms with E-state index in [1.807, 2.05) is 0 Å². The molecule has 0 saturated carbocycles. The summed E-state index contributed by atoms with van der Waals surface area (Å²) in [5.41, 5.74) is 0. The van der Waals surface area contributed by atoms with E-state index in [-0.39, 0.29) is 0 Å². The molecule has 58 valence electrons. The monoisotopic (exact) mass is 163 g/mol. The first-order chi connectivity index (χ1) is 4.51. The lowest BCUT2D eigenvalue weighted by Gasteiger charge is -2.16. The lowest BCUT2D eigenvalue weighted by molar-refractivity contribution is 0.492. The van der Waals surface area contributed by atoms with Crippen LogP contribution in [-0.2, 0) is 0 Å². The topological polar surface area (TPSA) is 68.4 Å². The van der Waals surface area contributed by atoms with Crippen LogP contribution in [-0.4, -0.2) is 40.2 Å². The van der Waals surface area contributed by atoms with Crippen molar-refractivity contribution >= 4 is 23.0 Å².